The summed E-state index contributed by atoms with van der Waals surface area (Å²) >= 11 is 0. The summed E-state index contributed by atoms with van der Waals surface area (Å²) in [6.45, 7) is 4.03. The summed E-state index contributed by atoms with van der Waals surface area (Å²) in [6.07, 6.45) is 1.47. The number of carboxylic acids is 1. The minimum Gasteiger partial charge on any atom is -0.480 e. The Labute approximate surface area is 211 Å². The first-order valence-corrected chi connectivity index (χ1v) is 12.3. The predicted octanol–water partition coefficient (Wildman–Crippen LogP) is -0.0868. The van der Waals surface area contributed by atoms with Gasteiger partial charge in [0, 0.05) is 13.0 Å². The molecule has 1 aliphatic heterocycles. The van der Waals surface area contributed by atoms with E-state index in [2.05, 4.69) is 10.6 Å². The fourth-order valence-corrected chi connectivity index (χ4v) is 4.20. The molecule has 5 atom stereocenters. The molecule has 11 heteroatoms. The molecule has 198 valence electrons. The molecule has 1 saturated heterocycles. The van der Waals surface area contributed by atoms with Gasteiger partial charge in [0.15, 0.2) is 0 Å². The number of primary amides is 1. The number of nitrogens with zero attached hydrogens (tertiary/aromatic N) is 1. The summed E-state index contributed by atoms with van der Waals surface area (Å²) in [4.78, 5) is 63.3. The molecule has 1 aromatic carbocycles. The fraction of sp³-hybridized carbons (Fsp3) is 0.560. The van der Waals surface area contributed by atoms with Crippen molar-refractivity contribution in [2.24, 2.45) is 17.4 Å². The predicted molar refractivity (Wildman–Crippen MR) is 132 cm³/mol. The van der Waals surface area contributed by atoms with Gasteiger partial charge < -0.3 is 32.1 Å². The van der Waals surface area contributed by atoms with Crippen molar-refractivity contribution in [3.8, 4) is 0 Å². The zero-order valence-electron chi connectivity index (χ0n) is 20.8. The van der Waals surface area contributed by atoms with E-state index in [0.29, 0.717) is 32.2 Å². The highest BCUT2D eigenvalue weighted by Crippen LogP contribution is 2.22. The van der Waals surface area contributed by atoms with Gasteiger partial charge in [-0.25, -0.2) is 4.79 Å². The molecule has 0 spiro atoms. The lowest BCUT2D eigenvalue weighted by Gasteiger charge is -2.32. The van der Waals surface area contributed by atoms with Gasteiger partial charge in [0.25, 0.3) is 0 Å². The zero-order valence-corrected chi connectivity index (χ0v) is 20.8. The molecule has 1 aromatic rings. The minimum absolute atomic E-state index is 0.151. The van der Waals surface area contributed by atoms with E-state index in [1.54, 1.807) is 0 Å². The molecule has 36 heavy (non-hydrogen) atoms. The van der Waals surface area contributed by atoms with Crippen molar-refractivity contribution in [2.45, 2.75) is 76.5 Å². The first-order chi connectivity index (χ1) is 17.0. The highest BCUT2D eigenvalue weighted by molar-refractivity contribution is 5.94. The Kier molecular flexibility index (Phi) is 10.8. The van der Waals surface area contributed by atoms with Crippen molar-refractivity contribution >= 4 is 29.6 Å². The van der Waals surface area contributed by atoms with E-state index in [1.165, 1.54) is 4.90 Å². The Morgan fingerprint density at radius 3 is 2.39 bits per heavy atom. The fourth-order valence-electron chi connectivity index (χ4n) is 4.20. The maximum Gasteiger partial charge on any atom is 0.326 e. The van der Waals surface area contributed by atoms with Crippen LogP contribution in [0.4, 0.5) is 0 Å². The van der Waals surface area contributed by atoms with Crippen LogP contribution in [0.1, 0.15) is 51.5 Å². The number of aliphatic carboxylic acids is 1. The Morgan fingerprint density at radius 1 is 1.14 bits per heavy atom. The van der Waals surface area contributed by atoms with Crippen LogP contribution in [-0.2, 0) is 30.4 Å². The molecule has 5 unspecified atom stereocenters. The molecule has 0 aliphatic carbocycles. The monoisotopic (exact) mass is 503 g/mol. The molecule has 11 nitrogen and oxygen atoms in total. The maximum absolute atomic E-state index is 13.5. The molecule has 0 bridgehead atoms. The number of hydrogen-bond acceptors (Lipinski definition) is 6. The Morgan fingerprint density at radius 2 is 1.81 bits per heavy atom. The third-order valence-electron chi connectivity index (χ3n) is 6.54. The second-order valence-electron chi connectivity index (χ2n) is 9.26. The number of benzene rings is 1. The highest BCUT2D eigenvalue weighted by atomic mass is 16.4. The van der Waals surface area contributed by atoms with E-state index in [1.807, 2.05) is 44.2 Å². The summed E-state index contributed by atoms with van der Waals surface area (Å²) in [5.41, 5.74) is 12.1. The Balaban J connectivity index is 2.11. The van der Waals surface area contributed by atoms with Gasteiger partial charge in [-0.3, -0.25) is 19.2 Å². The number of carbonyl (C=O) groups is 5. The molecule has 0 aromatic heterocycles. The van der Waals surface area contributed by atoms with Crippen LogP contribution in [0.15, 0.2) is 30.3 Å². The van der Waals surface area contributed by atoms with Crippen LogP contribution in [-0.4, -0.2) is 70.3 Å². The average Bonchev–Trinajstić information content (AvgIpc) is 3.34. The molecule has 2 rings (SSSR count). The number of rotatable bonds is 13. The van der Waals surface area contributed by atoms with Gasteiger partial charge in [0.2, 0.25) is 23.6 Å². The smallest absolute Gasteiger partial charge is 0.326 e. The zero-order chi connectivity index (χ0) is 26.8. The number of hydrogen-bond donors (Lipinski definition) is 5. The second kappa shape index (κ2) is 13.6. The number of carboxylic acid groups (broad SMARTS) is 1. The van der Waals surface area contributed by atoms with E-state index in [4.69, 9.17) is 11.5 Å². The highest BCUT2D eigenvalue weighted by Gasteiger charge is 2.40. The molecule has 1 aliphatic rings. The standard InChI is InChI=1S/C25H37N5O6/c1-3-15(2)21(29-22(32)17(26)14-16-8-5-4-6-9-16)24(34)30-13-7-10-19(30)23(33)28-18(25(35)36)11-12-20(27)31/h4-6,8-9,15,17-19,21H,3,7,10-14,26H2,1-2H3,(H2,27,31)(H,28,33)(H,29,32)(H,35,36). The van der Waals surface area contributed by atoms with E-state index >= 15 is 0 Å². The van der Waals surface area contributed by atoms with Gasteiger partial charge in [-0.1, -0.05) is 50.6 Å². The minimum atomic E-state index is -1.30. The normalized spacial score (nSPS) is 18.5. The number of amides is 4. The summed E-state index contributed by atoms with van der Waals surface area (Å²) in [6, 6.07) is 5.38. The lowest BCUT2D eigenvalue weighted by molar-refractivity contribution is -0.145. The largest absolute Gasteiger partial charge is 0.480 e. The van der Waals surface area contributed by atoms with Crippen LogP contribution < -0.4 is 22.1 Å². The molecule has 1 fully saturated rings. The van der Waals surface area contributed by atoms with Gasteiger partial charge in [-0.2, -0.15) is 0 Å². The van der Waals surface area contributed by atoms with E-state index in [0.717, 1.165) is 5.56 Å². The van der Waals surface area contributed by atoms with E-state index in [-0.39, 0.29) is 18.8 Å². The number of likely N-dealkylation sites (tertiary alicyclic amines) is 1. The molecule has 4 amide bonds. The SMILES string of the molecule is CCC(C)C(NC(=O)C(N)Cc1ccccc1)C(=O)N1CCCC1C(=O)NC(CCC(N)=O)C(=O)O. The van der Waals surface area contributed by atoms with Gasteiger partial charge in [0.05, 0.1) is 6.04 Å². The average molecular weight is 504 g/mol. The molecule has 0 radical (unpaired) electrons. The van der Waals surface area contributed by atoms with Crippen molar-refractivity contribution < 1.29 is 29.1 Å². The quantitative estimate of drug-likeness (QED) is 0.249. The number of nitrogens with one attached hydrogen (secondary N) is 2. The Bertz CT molecular complexity index is 940. The van der Waals surface area contributed by atoms with Crippen molar-refractivity contribution in [1.29, 1.82) is 0 Å². The van der Waals surface area contributed by atoms with E-state index < -0.39 is 53.8 Å². The molecule has 7 N–H and O–H groups in total. The lowest BCUT2D eigenvalue weighted by atomic mass is 9.96. The number of carbonyl (C=O) groups excluding carboxylic acids is 4. The summed E-state index contributed by atoms with van der Waals surface area (Å²) in [5.74, 6) is -3.69. The molecule has 0 saturated carbocycles. The molecular formula is C25H37N5O6. The van der Waals surface area contributed by atoms with Crippen LogP contribution in [0.25, 0.3) is 0 Å². The van der Waals surface area contributed by atoms with Crippen molar-refractivity contribution in [2.75, 3.05) is 6.54 Å². The van der Waals surface area contributed by atoms with E-state index in [9.17, 15) is 29.1 Å². The summed E-state index contributed by atoms with van der Waals surface area (Å²) < 4.78 is 0. The summed E-state index contributed by atoms with van der Waals surface area (Å²) in [7, 11) is 0. The van der Waals surface area contributed by atoms with Crippen LogP contribution >= 0.6 is 0 Å². The van der Waals surface area contributed by atoms with Crippen LogP contribution in [0.2, 0.25) is 0 Å². The van der Waals surface area contributed by atoms with Crippen molar-refractivity contribution in [3.63, 3.8) is 0 Å². The second-order valence-corrected chi connectivity index (χ2v) is 9.26. The van der Waals surface area contributed by atoms with Crippen LogP contribution in [0.5, 0.6) is 0 Å². The van der Waals surface area contributed by atoms with Gasteiger partial charge >= 0.3 is 5.97 Å². The third-order valence-corrected chi connectivity index (χ3v) is 6.54. The van der Waals surface area contributed by atoms with Crippen LogP contribution in [0.3, 0.4) is 0 Å². The van der Waals surface area contributed by atoms with Gasteiger partial charge in [-0.05, 0) is 37.2 Å². The lowest BCUT2D eigenvalue weighted by Crippen LogP contribution is -2.58. The Hall–Kier alpha value is -3.47. The van der Waals surface area contributed by atoms with Gasteiger partial charge in [0.1, 0.15) is 18.1 Å². The maximum atomic E-state index is 13.5. The third kappa shape index (κ3) is 8.04. The first-order valence-electron chi connectivity index (χ1n) is 12.3. The van der Waals surface area contributed by atoms with Crippen molar-refractivity contribution in [3.05, 3.63) is 35.9 Å². The number of nitrogens with two attached hydrogens (primary N) is 2. The first kappa shape index (κ1) is 28.8. The molecule has 1 heterocycles. The molecular weight excluding hydrogens is 466 g/mol. The van der Waals surface area contributed by atoms with Crippen molar-refractivity contribution in [1.82, 2.24) is 15.5 Å². The summed E-state index contributed by atoms with van der Waals surface area (Å²) in [5, 5.41) is 14.6. The van der Waals surface area contributed by atoms with Crippen LogP contribution in [0, 0.1) is 5.92 Å². The van der Waals surface area contributed by atoms with Gasteiger partial charge in [-0.15, -0.1) is 0 Å². The topological polar surface area (TPSA) is 185 Å².